The average Bonchev–Trinajstić information content (AvgIpc) is 2.63. The van der Waals surface area contributed by atoms with Crippen molar-refractivity contribution in [3.05, 3.63) is 41.7 Å². The number of halogens is 1. The second kappa shape index (κ2) is 8.79. The van der Waals surface area contributed by atoms with Crippen LogP contribution in [0.4, 0.5) is 4.39 Å². The minimum absolute atomic E-state index is 0.0146. The van der Waals surface area contributed by atoms with Crippen molar-refractivity contribution in [3.63, 3.8) is 0 Å². The molecule has 0 heterocycles. The lowest BCUT2D eigenvalue weighted by atomic mass is 9.80. The third-order valence-electron chi connectivity index (χ3n) is 4.83. The zero-order chi connectivity index (χ0) is 18.3. The molecule has 1 aromatic carbocycles. The normalized spacial score (nSPS) is 16.6. The largest absolute Gasteiger partial charge is 0.341 e. The van der Waals surface area contributed by atoms with E-state index < -0.39 is 5.54 Å². The minimum Gasteiger partial charge on any atom is -0.341 e. The molecule has 0 spiro atoms. The summed E-state index contributed by atoms with van der Waals surface area (Å²) in [4.78, 5) is 27.2. The molecular formula is C20H27FN2O2. The molecule has 0 aromatic heterocycles. The summed E-state index contributed by atoms with van der Waals surface area (Å²) >= 11 is 0. The summed E-state index contributed by atoms with van der Waals surface area (Å²) in [6.45, 7) is 5.18. The van der Waals surface area contributed by atoms with Crippen molar-refractivity contribution in [2.45, 2.75) is 51.5 Å². The van der Waals surface area contributed by atoms with Crippen LogP contribution in [0.1, 0.15) is 51.5 Å². The van der Waals surface area contributed by atoms with Gasteiger partial charge in [0.05, 0.1) is 0 Å². The predicted molar refractivity (Wildman–Crippen MR) is 97.3 cm³/mol. The van der Waals surface area contributed by atoms with Gasteiger partial charge in [-0.05, 0) is 50.5 Å². The van der Waals surface area contributed by atoms with Gasteiger partial charge in [-0.2, -0.15) is 0 Å². The molecule has 2 rings (SSSR count). The number of rotatable bonds is 6. The first-order valence-electron chi connectivity index (χ1n) is 9.06. The molecule has 2 amide bonds. The first-order chi connectivity index (χ1) is 12.0. The van der Waals surface area contributed by atoms with Gasteiger partial charge < -0.3 is 10.2 Å². The Labute approximate surface area is 149 Å². The number of nitrogens with zero attached hydrogens (tertiary/aromatic N) is 1. The van der Waals surface area contributed by atoms with E-state index in [1.165, 1.54) is 18.2 Å². The Bertz CT molecular complexity index is 615. The predicted octanol–water partition coefficient (Wildman–Crippen LogP) is 3.53. The highest BCUT2D eigenvalue weighted by Crippen LogP contribution is 2.30. The van der Waals surface area contributed by atoms with Gasteiger partial charge in [0.1, 0.15) is 11.4 Å². The van der Waals surface area contributed by atoms with E-state index in [1.54, 1.807) is 23.1 Å². The van der Waals surface area contributed by atoms with E-state index in [1.807, 2.05) is 13.8 Å². The molecule has 1 N–H and O–H groups in total. The Kier molecular flexibility index (Phi) is 6.73. The maximum absolute atomic E-state index is 13.0. The summed E-state index contributed by atoms with van der Waals surface area (Å²) in [7, 11) is 0. The van der Waals surface area contributed by atoms with Crippen molar-refractivity contribution >= 4 is 17.9 Å². The van der Waals surface area contributed by atoms with E-state index in [2.05, 4.69) is 5.32 Å². The van der Waals surface area contributed by atoms with Crippen molar-refractivity contribution in [2.75, 3.05) is 13.1 Å². The smallest absolute Gasteiger partial charge is 0.248 e. The van der Waals surface area contributed by atoms with Crippen LogP contribution in [0.3, 0.4) is 0 Å². The number of nitrogens with one attached hydrogen (secondary N) is 1. The van der Waals surface area contributed by atoms with Crippen LogP contribution in [-0.2, 0) is 9.59 Å². The van der Waals surface area contributed by atoms with E-state index in [0.717, 1.165) is 24.8 Å². The number of carbonyl (C=O) groups excluding carboxylic acids is 2. The van der Waals surface area contributed by atoms with E-state index >= 15 is 0 Å². The fourth-order valence-corrected chi connectivity index (χ4v) is 3.38. The maximum atomic E-state index is 13.0. The van der Waals surface area contributed by atoms with E-state index in [9.17, 15) is 14.0 Å². The van der Waals surface area contributed by atoms with Crippen molar-refractivity contribution in [3.8, 4) is 0 Å². The molecule has 0 radical (unpaired) electrons. The van der Waals surface area contributed by atoms with Crippen molar-refractivity contribution in [1.29, 1.82) is 0 Å². The quantitative estimate of drug-likeness (QED) is 0.801. The number of hydrogen-bond donors (Lipinski definition) is 1. The van der Waals surface area contributed by atoms with Gasteiger partial charge in [0.15, 0.2) is 0 Å². The lowest BCUT2D eigenvalue weighted by Gasteiger charge is -2.39. The zero-order valence-electron chi connectivity index (χ0n) is 15.1. The van der Waals surface area contributed by atoms with Gasteiger partial charge in [-0.15, -0.1) is 0 Å². The Morgan fingerprint density at radius 1 is 1.12 bits per heavy atom. The highest BCUT2D eigenvalue weighted by Gasteiger charge is 2.42. The fraction of sp³-hybridized carbons (Fsp3) is 0.500. The van der Waals surface area contributed by atoms with Crippen LogP contribution < -0.4 is 5.32 Å². The first-order valence-corrected chi connectivity index (χ1v) is 9.06. The van der Waals surface area contributed by atoms with Crippen molar-refractivity contribution in [1.82, 2.24) is 10.2 Å². The minimum atomic E-state index is -0.797. The van der Waals surface area contributed by atoms with Gasteiger partial charge in [0, 0.05) is 19.2 Å². The second-order valence-corrected chi connectivity index (χ2v) is 6.49. The van der Waals surface area contributed by atoms with E-state index in [0.29, 0.717) is 25.9 Å². The lowest BCUT2D eigenvalue weighted by Crippen LogP contribution is -2.60. The number of amides is 2. The van der Waals surface area contributed by atoms with Gasteiger partial charge >= 0.3 is 0 Å². The summed E-state index contributed by atoms with van der Waals surface area (Å²) in [5.74, 6) is -0.583. The molecule has 136 valence electrons. The zero-order valence-corrected chi connectivity index (χ0v) is 15.1. The molecule has 25 heavy (non-hydrogen) atoms. The van der Waals surface area contributed by atoms with Crippen LogP contribution >= 0.6 is 0 Å². The molecule has 0 aliphatic heterocycles. The first kappa shape index (κ1) is 19.2. The van der Waals surface area contributed by atoms with Crippen LogP contribution in [0, 0.1) is 5.82 Å². The summed E-state index contributed by atoms with van der Waals surface area (Å²) in [6, 6.07) is 5.92. The molecule has 1 aliphatic carbocycles. The summed E-state index contributed by atoms with van der Waals surface area (Å²) < 4.78 is 12.9. The molecule has 0 atom stereocenters. The van der Waals surface area contributed by atoms with Crippen molar-refractivity contribution in [2.24, 2.45) is 0 Å². The number of hydrogen-bond acceptors (Lipinski definition) is 2. The Hall–Kier alpha value is -2.17. The van der Waals surface area contributed by atoms with E-state index in [-0.39, 0.29) is 17.6 Å². The Morgan fingerprint density at radius 2 is 1.72 bits per heavy atom. The maximum Gasteiger partial charge on any atom is 0.248 e. The molecule has 0 saturated heterocycles. The Morgan fingerprint density at radius 3 is 2.28 bits per heavy atom. The van der Waals surface area contributed by atoms with Gasteiger partial charge in [-0.25, -0.2) is 4.39 Å². The Balaban J connectivity index is 2.11. The standard InChI is InChI=1S/C20H27FN2O2/c1-3-23(4-2)19(25)20(14-6-5-7-15-20)22-18(24)13-10-16-8-11-17(21)12-9-16/h8-13H,3-7,14-15H2,1-2H3,(H,22,24)/b13-10+. The highest BCUT2D eigenvalue weighted by atomic mass is 19.1. The van der Waals surface area contributed by atoms with Gasteiger partial charge in [0.2, 0.25) is 11.8 Å². The third kappa shape index (κ3) is 4.91. The molecule has 0 bridgehead atoms. The van der Waals surface area contributed by atoms with Gasteiger partial charge in [-0.3, -0.25) is 9.59 Å². The summed E-state index contributed by atoms with van der Waals surface area (Å²) in [5.41, 5.74) is -0.0570. The number of benzene rings is 1. The van der Waals surface area contributed by atoms with Crippen molar-refractivity contribution < 1.29 is 14.0 Å². The second-order valence-electron chi connectivity index (χ2n) is 6.49. The van der Waals surface area contributed by atoms with Crippen LogP contribution in [0.5, 0.6) is 0 Å². The number of carbonyl (C=O) groups is 2. The van der Waals surface area contributed by atoms with Crippen LogP contribution in [0.2, 0.25) is 0 Å². The lowest BCUT2D eigenvalue weighted by molar-refractivity contribution is -0.142. The molecular weight excluding hydrogens is 319 g/mol. The number of likely N-dealkylation sites (N-methyl/N-ethyl adjacent to an activating group) is 1. The molecule has 1 fully saturated rings. The molecule has 5 heteroatoms. The summed E-state index contributed by atoms with van der Waals surface area (Å²) in [5, 5.41) is 2.97. The van der Waals surface area contributed by atoms with Gasteiger partial charge in [0.25, 0.3) is 0 Å². The average molecular weight is 346 g/mol. The van der Waals surface area contributed by atoms with Crippen LogP contribution in [0.15, 0.2) is 30.3 Å². The molecule has 0 unspecified atom stereocenters. The van der Waals surface area contributed by atoms with Gasteiger partial charge in [-0.1, -0.05) is 31.4 Å². The molecule has 4 nitrogen and oxygen atoms in total. The topological polar surface area (TPSA) is 49.4 Å². The van der Waals surface area contributed by atoms with Crippen LogP contribution in [-0.4, -0.2) is 35.3 Å². The SMILES string of the molecule is CCN(CC)C(=O)C1(NC(=O)/C=C/c2ccc(F)cc2)CCCCC1. The molecule has 1 aliphatic rings. The monoisotopic (exact) mass is 346 g/mol. The fourth-order valence-electron chi connectivity index (χ4n) is 3.38. The third-order valence-corrected chi connectivity index (χ3v) is 4.83. The van der Waals surface area contributed by atoms with Crippen LogP contribution in [0.25, 0.3) is 6.08 Å². The van der Waals surface area contributed by atoms with E-state index in [4.69, 9.17) is 0 Å². The summed E-state index contributed by atoms with van der Waals surface area (Å²) in [6.07, 6.45) is 7.38. The highest BCUT2D eigenvalue weighted by molar-refractivity contribution is 5.97. The molecule has 1 saturated carbocycles. The molecule has 1 aromatic rings.